The smallest absolute Gasteiger partial charge is 0.330 e. The minimum atomic E-state index is -1.50. The summed E-state index contributed by atoms with van der Waals surface area (Å²) in [5.41, 5.74) is 7.00. The Kier molecular flexibility index (Phi) is 5.89. The Morgan fingerprint density at radius 2 is 1.84 bits per heavy atom. The fourth-order valence-electron chi connectivity index (χ4n) is 2.18. The van der Waals surface area contributed by atoms with Crippen molar-refractivity contribution in [3.05, 3.63) is 47.7 Å². The number of nitrogens with one attached hydrogen (secondary N) is 1. The highest BCUT2D eigenvalue weighted by atomic mass is 28.3. The monoisotopic (exact) mass is 353 g/mol. The maximum absolute atomic E-state index is 11.5. The highest BCUT2D eigenvalue weighted by Crippen LogP contribution is 2.28. The molecule has 0 saturated carbocycles. The largest absolute Gasteiger partial charge is 0.497 e. The number of benzene rings is 1. The minimum absolute atomic E-state index is 0.397. The molecule has 1 aromatic carbocycles. The van der Waals surface area contributed by atoms with Crippen molar-refractivity contribution < 1.29 is 14.3 Å². The van der Waals surface area contributed by atoms with Gasteiger partial charge in [-0.15, -0.1) is 5.54 Å². The summed E-state index contributed by atoms with van der Waals surface area (Å²) in [4.78, 5) is 14.8. The molecule has 1 N–H and O–H groups in total. The summed E-state index contributed by atoms with van der Waals surface area (Å²) in [7, 11) is 1.49. The Morgan fingerprint density at radius 1 is 1.16 bits per heavy atom. The summed E-state index contributed by atoms with van der Waals surface area (Å²) in [6.45, 7) is 6.59. The number of carbonyl (C=O) groups excluding carboxylic acids is 1. The highest BCUT2D eigenvalue weighted by Gasteiger charge is 2.12. The number of aromatic nitrogens is 1. The molecule has 1 heterocycles. The van der Waals surface area contributed by atoms with Crippen LogP contribution in [-0.2, 0) is 9.53 Å². The van der Waals surface area contributed by atoms with Crippen molar-refractivity contribution in [2.45, 2.75) is 19.6 Å². The first kappa shape index (κ1) is 18.6. The lowest BCUT2D eigenvalue weighted by atomic mass is 10.0. The molecule has 0 radical (unpaired) electrons. The molecule has 0 aliphatic carbocycles. The third kappa shape index (κ3) is 5.13. The van der Waals surface area contributed by atoms with Gasteiger partial charge in [0.2, 0.25) is 0 Å². The van der Waals surface area contributed by atoms with E-state index in [1.54, 1.807) is 13.2 Å². The summed E-state index contributed by atoms with van der Waals surface area (Å²) in [6.07, 6.45) is 5.04. The van der Waals surface area contributed by atoms with Gasteiger partial charge in [0.15, 0.2) is 0 Å². The molecule has 2 rings (SSSR count). The molecular weight excluding hydrogens is 330 g/mol. The van der Waals surface area contributed by atoms with Crippen molar-refractivity contribution in [2.24, 2.45) is 0 Å². The Balaban J connectivity index is 2.51. The second-order valence-corrected chi connectivity index (χ2v) is 11.3. The average Bonchev–Trinajstić information content (AvgIpc) is 3.00. The molecule has 0 saturated heterocycles. The van der Waals surface area contributed by atoms with Gasteiger partial charge in [0.1, 0.15) is 13.8 Å². The topological polar surface area (TPSA) is 51.3 Å². The van der Waals surface area contributed by atoms with Gasteiger partial charge >= 0.3 is 5.97 Å². The van der Waals surface area contributed by atoms with Crippen LogP contribution in [0.5, 0.6) is 5.75 Å². The van der Waals surface area contributed by atoms with Gasteiger partial charge in [-0.25, -0.2) is 4.79 Å². The molecular formula is C20H23NO3Si. The third-order valence-electron chi connectivity index (χ3n) is 3.46. The summed E-state index contributed by atoms with van der Waals surface area (Å²) in [6, 6.07) is 7.74. The fourth-order valence-corrected chi connectivity index (χ4v) is 2.69. The van der Waals surface area contributed by atoms with Crippen LogP contribution in [0.15, 0.2) is 36.5 Å². The van der Waals surface area contributed by atoms with Crippen LogP contribution in [0.4, 0.5) is 0 Å². The lowest BCUT2D eigenvalue weighted by Crippen LogP contribution is -2.16. The molecule has 0 atom stereocenters. The summed E-state index contributed by atoms with van der Waals surface area (Å²) in [5.74, 6) is 3.66. The van der Waals surface area contributed by atoms with Crippen molar-refractivity contribution in [1.82, 2.24) is 4.98 Å². The van der Waals surface area contributed by atoms with E-state index in [1.807, 2.05) is 30.5 Å². The first-order chi connectivity index (χ1) is 11.8. The molecule has 0 amide bonds. The van der Waals surface area contributed by atoms with Gasteiger partial charge in [0, 0.05) is 23.4 Å². The van der Waals surface area contributed by atoms with Gasteiger partial charge in [0.25, 0.3) is 0 Å². The zero-order valence-corrected chi connectivity index (χ0v) is 16.3. The maximum Gasteiger partial charge on any atom is 0.330 e. The van der Waals surface area contributed by atoms with Crippen molar-refractivity contribution in [3.8, 4) is 28.5 Å². The van der Waals surface area contributed by atoms with E-state index in [-0.39, 0.29) is 0 Å². The second kappa shape index (κ2) is 7.91. The Morgan fingerprint density at radius 3 is 2.40 bits per heavy atom. The lowest BCUT2D eigenvalue weighted by Gasteiger charge is -2.05. The van der Waals surface area contributed by atoms with Crippen LogP contribution in [0.1, 0.15) is 11.1 Å². The standard InChI is InChI=1S/C20H23NO3Si/c1-23-17-8-6-15(7-9-17)20-18(10-11-19(22)24-2)16(14-21-20)12-13-25(3,4)5/h6-11,14,21H,1-5H3/b11-10+. The van der Waals surface area contributed by atoms with E-state index in [4.69, 9.17) is 9.47 Å². The van der Waals surface area contributed by atoms with Gasteiger partial charge < -0.3 is 14.5 Å². The van der Waals surface area contributed by atoms with E-state index < -0.39 is 14.0 Å². The summed E-state index contributed by atoms with van der Waals surface area (Å²) >= 11 is 0. The van der Waals surface area contributed by atoms with E-state index in [2.05, 4.69) is 36.1 Å². The number of aromatic amines is 1. The molecule has 4 nitrogen and oxygen atoms in total. The van der Waals surface area contributed by atoms with E-state index in [9.17, 15) is 4.79 Å². The summed E-state index contributed by atoms with van der Waals surface area (Å²) < 4.78 is 9.90. The van der Waals surface area contributed by atoms with E-state index >= 15 is 0 Å². The number of ether oxygens (including phenoxy) is 2. The van der Waals surface area contributed by atoms with Crippen LogP contribution in [0.2, 0.25) is 19.6 Å². The normalized spacial score (nSPS) is 11.1. The first-order valence-electron chi connectivity index (χ1n) is 7.99. The molecule has 1 aromatic heterocycles. The molecule has 0 unspecified atom stereocenters. The molecule has 0 aliphatic heterocycles. The number of carbonyl (C=O) groups is 1. The van der Waals surface area contributed by atoms with Crippen molar-refractivity contribution in [3.63, 3.8) is 0 Å². The zero-order valence-electron chi connectivity index (χ0n) is 15.3. The predicted molar refractivity (Wildman–Crippen MR) is 104 cm³/mol. The molecule has 5 heteroatoms. The Labute approximate surface area is 149 Å². The zero-order chi connectivity index (χ0) is 18.4. The predicted octanol–water partition coefficient (Wildman–Crippen LogP) is 4.11. The second-order valence-electron chi connectivity index (χ2n) is 6.58. The van der Waals surface area contributed by atoms with E-state index in [1.165, 1.54) is 13.2 Å². The number of hydrogen-bond acceptors (Lipinski definition) is 3. The first-order valence-corrected chi connectivity index (χ1v) is 11.5. The third-order valence-corrected chi connectivity index (χ3v) is 4.33. The molecule has 0 bridgehead atoms. The SMILES string of the molecule is COC(=O)/C=C/c1c(C#C[Si](C)(C)C)c[nH]c1-c1ccc(OC)cc1. The lowest BCUT2D eigenvalue weighted by molar-refractivity contribution is -0.134. The van der Waals surface area contributed by atoms with Gasteiger partial charge in [0.05, 0.1) is 19.9 Å². The molecule has 130 valence electrons. The molecule has 0 spiro atoms. The van der Waals surface area contributed by atoms with Gasteiger partial charge in [-0.1, -0.05) is 25.6 Å². The molecule has 0 aliphatic rings. The Bertz CT molecular complexity index is 831. The number of rotatable bonds is 4. The number of esters is 1. The van der Waals surface area contributed by atoms with Gasteiger partial charge in [-0.05, 0) is 35.9 Å². The van der Waals surface area contributed by atoms with Crippen molar-refractivity contribution in [2.75, 3.05) is 14.2 Å². The van der Waals surface area contributed by atoms with Crippen LogP contribution in [-0.4, -0.2) is 33.2 Å². The number of hydrogen-bond donors (Lipinski definition) is 1. The quantitative estimate of drug-likeness (QED) is 0.390. The minimum Gasteiger partial charge on any atom is -0.497 e. The summed E-state index contributed by atoms with van der Waals surface area (Å²) in [5, 5.41) is 0. The number of H-pyrrole nitrogens is 1. The fraction of sp³-hybridized carbons (Fsp3) is 0.250. The molecule has 25 heavy (non-hydrogen) atoms. The maximum atomic E-state index is 11.5. The van der Waals surface area contributed by atoms with E-state index in [0.717, 1.165) is 28.1 Å². The van der Waals surface area contributed by atoms with Crippen LogP contribution < -0.4 is 4.74 Å². The molecule has 2 aromatic rings. The van der Waals surface area contributed by atoms with Crippen LogP contribution in [0, 0.1) is 11.5 Å². The van der Waals surface area contributed by atoms with Crippen LogP contribution >= 0.6 is 0 Å². The van der Waals surface area contributed by atoms with Gasteiger partial charge in [-0.3, -0.25) is 0 Å². The number of methoxy groups -OCH3 is 2. The van der Waals surface area contributed by atoms with E-state index in [0.29, 0.717) is 0 Å². The van der Waals surface area contributed by atoms with Crippen LogP contribution in [0.25, 0.3) is 17.3 Å². The van der Waals surface area contributed by atoms with Crippen LogP contribution in [0.3, 0.4) is 0 Å². The Hall–Kier alpha value is -2.71. The van der Waals surface area contributed by atoms with Crippen molar-refractivity contribution >= 4 is 20.1 Å². The highest BCUT2D eigenvalue weighted by molar-refractivity contribution is 6.83. The van der Waals surface area contributed by atoms with Gasteiger partial charge in [-0.2, -0.15) is 0 Å². The average molecular weight is 353 g/mol. The molecule has 0 fully saturated rings. The van der Waals surface area contributed by atoms with Crippen molar-refractivity contribution in [1.29, 1.82) is 0 Å².